The standard InChI is InChI=1S/C16H25NO2/c1-13-7-3-4-8-15(13)17-12-14(18)11-16(19)9-5-2-6-10-16/h3-4,7-8,14,17-19H,2,5-6,9-12H2,1H3. The summed E-state index contributed by atoms with van der Waals surface area (Å²) in [6.45, 7) is 2.54. The first-order valence-corrected chi connectivity index (χ1v) is 7.29. The zero-order valence-electron chi connectivity index (χ0n) is 11.7. The molecule has 1 saturated carbocycles. The lowest BCUT2D eigenvalue weighted by molar-refractivity contribution is -0.0346. The van der Waals surface area contributed by atoms with E-state index < -0.39 is 11.7 Å². The summed E-state index contributed by atoms with van der Waals surface area (Å²) in [4.78, 5) is 0. The van der Waals surface area contributed by atoms with E-state index in [1.807, 2.05) is 31.2 Å². The molecule has 19 heavy (non-hydrogen) atoms. The molecule has 1 aliphatic rings. The molecule has 0 amide bonds. The fourth-order valence-electron chi connectivity index (χ4n) is 2.92. The summed E-state index contributed by atoms with van der Waals surface area (Å²) in [6, 6.07) is 8.04. The van der Waals surface area contributed by atoms with E-state index in [9.17, 15) is 10.2 Å². The van der Waals surface area contributed by atoms with Gasteiger partial charge < -0.3 is 15.5 Å². The highest BCUT2D eigenvalue weighted by Gasteiger charge is 2.31. The van der Waals surface area contributed by atoms with E-state index in [1.54, 1.807) is 0 Å². The molecule has 1 unspecified atom stereocenters. The summed E-state index contributed by atoms with van der Waals surface area (Å²) in [5.41, 5.74) is 1.58. The van der Waals surface area contributed by atoms with Gasteiger partial charge in [0, 0.05) is 18.7 Å². The van der Waals surface area contributed by atoms with Crippen LogP contribution in [0.5, 0.6) is 0 Å². The number of hydrogen-bond donors (Lipinski definition) is 3. The van der Waals surface area contributed by atoms with E-state index in [4.69, 9.17) is 0 Å². The Balaban J connectivity index is 1.81. The van der Waals surface area contributed by atoms with Crippen molar-refractivity contribution in [3.8, 4) is 0 Å². The van der Waals surface area contributed by atoms with Crippen LogP contribution in [-0.2, 0) is 0 Å². The summed E-state index contributed by atoms with van der Waals surface area (Å²) in [7, 11) is 0. The third-order valence-corrected chi connectivity index (χ3v) is 4.07. The van der Waals surface area contributed by atoms with Crippen molar-refractivity contribution in [1.29, 1.82) is 0 Å². The molecule has 1 atom stereocenters. The van der Waals surface area contributed by atoms with E-state index in [1.165, 1.54) is 12.0 Å². The van der Waals surface area contributed by atoms with Gasteiger partial charge in [0.25, 0.3) is 0 Å². The quantitative estimate of drug-likeness (QED) is 0.765. The maximum Gasteiger partial charge on any atom is 0.0739 e. The van der Waals surface area contributed by atoms with Crippen LogP contribution in [-0.4, -0.2) is 28.5 Å². The Labute approximate surface area is 115 Å². The van der Waals surface area contributed by atoms with Gasteiger partial charge in [-0.15, -0.1) is 0 Å². The Bertz CT molecular complexity index is 399. The van der Waals surface area contributed by atoms with Crippen LogP contribution in [0, 0.1) is 6.92 Å². The summed E-state index contributed by atoms with van der Waals surface area (Å²) in [5.74, 6) is 0. The molecule has 1 aliphatic carbocycles. The predicted octanol–water partition coefficient (Wildman–Crippen LogP) is 2.85. The van der Waals surface area contributed by atoms with Crippen LogP contribution in [0.25, 0.3) is 0 Å². The SMILES string of the molecule is Cc1ccccc1NCC(O)CC1(O)CCCCC1. The predicted molar refractivity (Wildman–Crippen MR) is 78.3 cm³/mol. The normalized spacial score (nSPS) is 19.9. The van der Waals surface area contributed by atoms with Crippen LogP contribution in [0.15, 0.2) is 24.3 Å². The van der Waals surface area contributed by atoms with Gasteiger partial charge in [0.1, 0.15) is 0 Å². The number of para-hydroxylation sites is 1. The highest BCUT2D eigenvalue weighted by molar-refractivity contribution is 5.50. The van der Waals surface area contributed by atoms with Crippen molar-refractivity contribution in [3.63, 3.8) is 0 Å². The Kier molecular flexibility index (Phi) is 4.83. The second-order valence-corrected chi connectivity index (χ2v) is 5.84. The van der Waals surface area contributed by atoms with Gasteiger partial charge in [-0.3, -0.25) is 0 Å². The number of aliphatic hydroxyl groups excluding tert-OH is 1. The van der Waals surface area contributed by atoms with Gasteiger partial charge in [-0.05, 0) is 31.4 Å². The third-order valence-electron chi connectivity index (χ3n) is 4.07. The molecule has 3 nitrogen and oxygen atoms in total. The summed E-state index contributed by atoms with van der Waals surface area (Å²) in [6.07, 6.45) is 5.00. The molecule has 1 fully saturated rings. The topological polar surface area (TPSA) is 52.5 Å². The fraction of sp³-hybridized carbons (Fsp3) is 0.625. The highest BCUT2D eigenvalue weighted by atomic mass is 16.3. The van der Waals surface area contributed by atoms with Crippen molar-refractivity contribution in [2.24, 2.45) is 0 Å². The van der Waals surface area contributed by atoms with E-state index in [2.05, 4.69) is 5.32 Å². The van der Waals surface area contributed by atoms with E-state index >= 15 is 0 Å². The second-order valence-electron chi connectivity index (χ2n) is 5.84. The van der Waals surface area contributed by atoms with Crippen LogP contribution in [0.1, 0.15) is 44.1 Å². The molecule has 0 radical (unpaired) electrons. The minimum Gasteiger partial charge on any atom is -0.391 e. The number of benzene rings is 1. The molecular formula is C16H25NO2. The Morgan fingerprint density at radius 3 is 2.58 bits per heavy atom. The van der Waals surface area contributed by atoms with E-state index in [0.29, 0.717) is 13.0 Å². The smallest absolute Gasteiger partial charge is 0.0739 e. The number of anilines is 1. The fourth-order valence-corrected chi connectivity index (χ4v) is 2.92. The van der Waals surface area contributed by atoms with Gasteiger partial charge in [0.2, 0.25) is 0 Å². The van der Waals surface area contributed by atoms with Gasteiger partial charge in [0.05, 0.1) is 11.7 Å². The first kappa shape index (κ1) is 14.4. The van der Waals surface area contributed by atoms with Crippen molar-refractivity contribution >= 4 is 5.69 Å². The number of nitrogens with one attached hydrogen (secondary N) is 1. The van der Waals surface area contributed by atoms with Crippen molar-refractivity contribution in [2.45, 2.75) is 57.2 Å². The zero-order chi connectivity index (χ0) is 13.7. The Morgan fingerprint density at radius 2 is 1.89 bits per heavy atom. The number of aryl methyl sites for hydroxylation is 1. The summed E-state index contributed by atoms with van der Waals surface area (Å²) in [5, 5.41) is 23.8. The minimum atomic E-state index is -0.648. The second kappa shape index (κ2) is 6.40. The molecule has 106 valence electrons. The van der Waals surface area contributed by atoms with E-state index in [-0.39, 0.29) is 0 Å². The molecule has 0 aromatic heterocycles. The Hall–Kier alpha value is -1.06. The molecule has 3 heteroatoms. The van der Waals surface area contributed by atoms with Gasteiger partial charge in [0.15, 0.2) is 0 Å². The average Bonchev–Trinajstić information content (AvgIpc) is 2.38. The van der Waals surface area contributed by atoms with Crippen molar-refractivity contribution in [2.75, 3.05) is 11.9 Å². The van der Waals surface area contributed by atoms with Crippen molar-refractivity contribution in [1.82, 2.24) is 0 Å². The summed E-state index contributed by atoms with van der Waals surface area (Å²) < 4.78 is 0. The van der Waals surface area contributed by atoms with Crippen molar-refractivity contribution < 1.29 is 10.2 Å². The molecule has 0 saturated heterocycles. The zero-order valence-corrected chi connectivity index (χ0v) is 11.7. The lowest BCUT2D eigenvalue weighted by atomic mass is 9.81. The molecule has 0 aliphatic heterocycles. The lowest BCUT2D eigenvalue weighted by Gasteiger charge is -2.33. The minimum absolute atomic E-state index is 0.478. The maximum absolute atomic E-state index is 10.4. The van der Waals surface area contributed by atoms with Gasteiger partial charge in [-0.25, -0.2) is 0 Å². The van der Waals surface area contributed by atoms with Crippen LogP contribution < -0.4 is 5.32 Å². The number of rotatable bonds is 5. The molecule has 0 bridgehead atoms. The number of hydrogen-bond acceptors (Lipinski definition) is 3. The highest BCUT2D eigenvalue weighted by Crippen LogP contribution is 2.31. The molecule has 0 spiro atoms. The van der Waals surface area contributed by atoms with E-state index in [0.717, 1.165) is 31.4 Å². The third kappa shape index (κ3) is 4.22. The molecule has 3 N–H and O–H groups in total. The van der Waals surface area contributed by atoms with Crippen LogP contribution in [0.2, 0.25) is 0 Å². The molecule has 2 rings (SSSR count). The maximum atomic E-state index is 10.4. The first-order valence-electron chi connectivity index (χ1n) is 7.29. The van der Waals surface area contributed by atoms with Crippen LogP contribution >= 0.6 is 0 Å². The average molecular weight is 263 g/mol. The Morgan fingerprint density at radius 1 is 1.21 bits per heavy atom. The van der Waals surface area contributed by atoms with Crippen molar-refractivity contribution in [3.05, 3.63) is 29.8 Å². The van der Waals surface area contributed by atoms with Crippen LogP contribution in [0.3, 0.4) is 0 Å². The largest absolute Gasteiger partial charge is 0.391 e. The van der Waals surface area contributed by atoms with Gasteiger partial charge in [-0.2, -0.15) is 0 Å². The summed E-state index contributed by atoms with van der Waals surface area (Å²) >= 11 is 0. The lowest BCUT2D eigenvalue weighted by Crippen LogP contribution is -2.37. The van der Waals surface area contributed by atoms with Crippen LogP contribution in [0.4, 0.5) is 5.69 Å². The molecule has 1 aromatic rings. The first-order chi connectivity index (χ1) is 9.09. The van der Waals surface area contributed by atoms with Gasteiger partial charge in [-0.1, -0.05) is 37.5 Å². The molecule has 0 heterocycles. The van der Waals surface area contributed by atoms with Gasteiger partial charge >= 0.3 is 0 Å². The number of aliphatic hydroxyl groups is 2. The molecule has 1 aromatic carbocycles. The molecular weight excluding hydrogens is 238 g/mol. The monoisotopic (exact) mass is 263 g/mol.